The summed E-state index contributed by atoms with van der Waals surface area (Å²) in [4.78, 5) is 4.00. The Morgan fingerprint density at radius 2 is 2.00 bits per heavy atom. The van der Waals surface area contributed by atoms with E-state index < -0.39 is 18.3 Å². The van der Waals surface area contributed by atoms with Crippen molar-refractivity contribution in [2.45, 2.75) is 38.9 Å². The van der Waals surface area contributed by atoms with Crippen LogP contribution in [0.2, 0.25) is 5.15 Å². The van der Waals surface area contributed by atoms with Crippen molar-refractivity contribution in [2.75, 3.05) is 6.54 Å². The Kier molecular flexibility index (Phi) is 4.64. The number of rotatable bonds is 3. The third-order valence-electron chi connectivity index (χ3n) is 4.13. The molecule has 0 atom stereocenters. The summed E-state index contributed by atoms with van der Waals surface area (Å²) in [5, 5.41) is 9.27. The highest BCUT2D eigenvalue weighted by Gasteiger charge is 2.52. The first kappa shape index (κ1) is 17.0. The van der Waals surface area contributed by atoms with Gasteiger partial charge >= 0.3 is 7.12 Å². The number of nitriles is 1. The zero-order valence-corrected chi connectivity index (χ0v) is 13.9. The summed E-state index contributed by atoms with van der Waals surface area (Å²) in [5.74, 6) is 0. The Bertz CT molecular complexity index is 637. The lowest BCUT2D eigenvalue weighted by molar-refractivity contribution is 0.00578. The molecular weight excluding hydrogens is 300 g/mol. The van der Waals surface area contributed by atoms with Gasteiger partial charge in [-0.25, -0.2) is 4.98 Å². The summed E-state index contributed by atoms with van der Waals surface area (Å²) in [7, 11) is -0.545. The number of hydrogen-bond acceptors (Lipinski definition) is 5. The third-order valence-corrected chi connectivity index (χ3v) is 4.44. The van der Waals surface area contributed by atoms with Crippen LogP contribution in [0.25, 0.3) is 6.08 Å². The zero-order chi connectivity index (χ0) is 16.5. The molecule has 0 unspecified atom stereocenters. The number of aromatic nitrogens is 1. The first-order valence-corrected chi connectivity index (χ1v) is 7.40. The van der Waals surface area contributed by atoms with Crippen LogP contribution in [0.3, 0.4) is 0 Å². The smallest absolute Gasteiger partial charge is 0.400 e. The first-order valence-electron chi connectivity index (χ1n) is 7.02. The van der Waals surface area contributed by atoms with Gasteiger partial charge in [-0.05, 0) is 39.2 Å². The normalized spacial score (nSPS) is 20.0. The van der Waals surface area contributed by atoms with Crippen molar-refractivity contribution in [3.05, 3.63) is 34.0 Å². The molecule has 116 valence electrons. The molecule has 7 heteroatoms. The van der Waals surface area contributed by atoms with Gasteiger partial charge in [-0.3, -0.25) is 0 Å². The van der Waals surface area contributed by atoms with Crippen LogP contribution in [0.4, 0.5) is 0 Å². The maximum Gasteiger partial charge on any atom is 0.491 e. The van der Waals surface area contributed by atoms with E-state index in [0.717, 1.165) is 5.47 Å². The van der Waals surface area contributed by atoms with Crippen LogP contribution in [0.5, 0.6) is 0 Å². The number of nitrogens with zero attached hydrogens (tertiary/aromatic N) is 2. The van der Waals surface area contributed by atoms with E-state index in [1.165, 1.54) is 6.20 Å². The molecule has 0 aliphatic carbocycles. The van der Waals surface area contributed by atoms with Crippen molar-refractivity contribution in [3.63, 3.8) is 0 Å². The average Bonchev–Trinajstić information content (AvgIpc) is 2.66. The maximum absolute atomic E-state index is 8.97. The molecular formula is C15H19BClN3O2. The van der Waals surface area contributed by atoms with Crippen molar-refractivity contribution in [2.24, 2.45) is 5.73 Å². The van der Waals surface area contributed by atoms with Gasteiger partial charge in [-0.15, -0.1) is 0 Å². The van der Waals surface area contributed by atoms with E-state index in [1.54, 1.807) is 12.1 Å². The lowest BCUT2D eigenvalue weighted by atomic mass is 9.77. The Morgan fingerprint density at radius 3 is 2.50 bits per heavy atom. The molecule has 1 saturated heterocycles. The predicted molar refractivity (Wildman–Crippen MR) is 87.1 cm³/mol. The van der Waals surface area contributed by atoms with Gasteiger partial charge in [0.05, 0.1) is 16.8 Å². The van der Waals surface area contributed by atoms with Gasteiger partial charge < -0.3 is 15.0 Å². The molecule has 2 N–H and O–H groups in total. The summed E-state index contributed by atoms with van der Waals surface area (Å²) in [6.45, 7) is 8.17. The molecule has 5 nitrogen and oxygen atoms in total. The Labute approximate surface area is 136 Å². The fourth-order valence-corrected chi connectivity index (χ4v) is 2.20. The third kappa shape index (κ3) is 3.18. The number of hydrogen-bond donors (Lipinski definition) is 1. The van der Waals surface area contributed by atoms with Crippen molar-refractivity contribution >= 4 is 24.8 Å². The van der Waals surface area contributed by atoms with Crippen molar-refractivity contribution < 1.29 is 9.31 Å². The molecule has 0 spiro atoms. The highest BCUT2D eigenvalue weighted by molar-refractivity contribution is 6.56. The largest absolute Gasteiger partial charge is 0.491 e. The van der Waals surface area contributed by atoms with E-state index in [4.69, 9.17) is 31.9 Å². The molecule has 1 fully saturated rings. The highest BCUT2D eigenvalue weighted by Crippen LogP contribution is 2.38. The monoisotopic (exact) mass is 319 g/mol. The molecule has 1 aromatic rings. The summed E-state index contributed by atoms with van der Waals surface area (Å²) < 4.78 is 12.0. The van der Waals surface area contributed by atoms with Crippen LogP contribution in [0.15, 0.2) is 17.7 Å². The molecule has 0 amide bonds. The molecule has 0 radical (unpaired) electrons. The van der Waals surface area contributed by atoms with Crippen molar-refractivity contribution in [3.8, 4) is 6.07 Å². The van der Waals surface area contributed by atoms with Crippen LogP contribution in [-0.4, -0.2) is 29.8 Å². The summed E-state index contributed by atoms with van der Waals surface area (Å²) in [6.07, 6.45) is 3.20. The lowest BCUT2D eigenvalue weighted by Crippen LogP contribution is -2.41. The SMILES string of the molecule is CC1(C)OB(C(=Cc2cc(C#N)cnc2Cl)CN)OC1(C)C. The molecule has 2 rings (SSSR count). The van der Waals surface area contributed by atoms with E-state index >= 15 is 0 Å². The van der Waals surface area contributed by atoms with Crippen molar-refractivity contribution in [1.82, 2.24) is 4.98 Å². The fourth-order valence-electron chi connectivity index (χ4n) is 2.04. The van der Waals surface area contributed by atoms with Gasteiger partial charge in [0.25, 0.3) is 0 Å². The van der Waals surface area contributed by atoms with E-state index in [1.807, 2.05) is 33.8 Å². The molecule has 1 aliphatic rings. The number of halogens is 1. The molecule has 0 aromatic carbocycles. The average molecular weight is 320 g/mol. The van der Waals surface area contributed by atoms with Crippen LogP contribution in [-0.2, 0) is 9.31 Å². The Hall–Kier alpha value is -1.39. The van der Waals surface area contributed by atoms with Gasteiger partial charge in [-0.2, -0.15) is 5.26 Å². The lowest BCUT2D eigenvalue weighted by Gasteiger charge is -2.32. The maximum atomic E-state index is 8.97. The zero-order valence-electron chi connectivity index (χ0n) is 13.2. The second kappa shape index (κ2) is 6.02. The number of nitrogens with two attached hydrogens (primary N) is 1. The topological polar surface area (TPSA) is 81.2 Å². The van der Waals surface area contributed by atoms with E-state index in [2.05, 4.69) is 4.98 Å². The Balaban J connectivity index is 2.36. The highest BCUT2D eigenvalue weighted by atomic mass is 35.5. The Morgan fingerprint density at radius 1 is 1.41 bits per heavy atom. The fraction of sp³-hybridized carbons (Fsp3) is 0.467. The minimum Gasteiger partial charge on any atom is -0.400 e. The molecule has 2 heterocycles. The minimum atomic E-state index is -0.545. The van der Waals surface area contributed by atoms with Gasteiger partial charge in [0.2, 0.25) is 0 Å². The second-order valence-electron chi connectivity index (χ2n) is 6.23. The molecule has 1 aliphatic heterocycles. The van der Waals surface area contributed by atoms with Crippen LogP contribution < -0.4 is 5.73 Å². The van der Waals surface area contributed by atoms with Crippen LogP contribution in [0, 0.1) is 11.3 Å². The standard InChI is InChI=1S/C15H19BClN3O2/c1-14(2)15(3,4)22-16(21-14)12(8-19)6-11-5-10(7-18)9-20-13(11)17/h5-6,9H,8,19H2,1-4H3. The molecule has 0 bridgehead atoms. The van der Waals surface area contributed by atoms with Gasteiger partial charge in [-0.1, -0.05) is 17.7 Å². The van der Waals surface area contributed by atoms with E-state index in [0.29, 0.717) is 16.3 Å². The first-order chi connectivity index (χ1) is 10.2. The van der Waals surface area contributed by atoms with Crippen LogP contribution >= 0.6 is 11.6 Å². The summed E-state index contributed by atoms with van der Waals surface area (Å²) in [5.41, 5.74) is 6.76. The minimum absolute atomic E-state index is 0.254. The molecule has 0 saturated carbocycles. The summed E-state index contributed by atoms with van der Waals surface area (Å²) >= 11 is 6.09. The van der Waals surface area contributed by atoms with E-state index in [9.17, 15) is 0 Å². The second-order valence-corrected chi connectivity index (χ2v) is 6.59. The van der Waals surface area contributed by atoms with E-state index in [-0.39, 0.29) is 6.54 Å². The van der Waals surface area contributed by atoms with Crippen LogP contribution in [0.1, 0.15) is 38.8 Å². The summed E-state index contributed by atoms with van der Waals surface area (Å²) in [6, 6.07) is 3.70. The predicted octanol–water partition coefficient (Wildman–Crippen LogP) is 2.58. The quantitative estimate of drug-likeness (QED) is 0.684. The van der Waals surface area contributed by atoms with Crippen molar-refractivity contribution in [1.29, 1.82) is 5.26 Å². The van der Waals surface area contributed by atoms with Gasteiger partial charge in [0.1, 0.15) is 11.2 Å². The number of pyridine rings is 1. The molecule has 22 heavy (non-hydrogen) atoms. The molecule has 1 aromatic heterocycles. The van der Waals surface area contributed by atoms with Gasteiger partial charge in [0.15, 0.2) is 0 Å². The van der Waals surface area contributed by atoms with Gasteiger partial charge in [0, 0.05) is 18.3 Å².